The van der Waals surface area contributed by atoms with Crippen LogP contribution in [0.3, 0.4) is 0 Å². The molecule has 15 heavy (non-hydrogen) atoms. The van der Waals surface area contributed by atoms with E-state index in [9.17, 15) is 4.79 Å². The summed E-state index contributed by atoms with van der Waals surface area (Å²) in [6.07, 6.45) is 0.702. The highest BCUT2D eigenvalue weighted by Crippen LogP contribution is 2.14. The van der Waals surface area contributed by atoms with Crippen LogP contribution in [0.4, 0.5) is 4.79 Å². The molecular weight excluding hydrogens is 196 g/mol. The molecule has 5 nitrogen and oxygen atoms in total. The molecular formula is C10H20N2O3. The third-order valence-corrected chi connectivity index (χ3v) is 2.68. The van der Waals surface area contributed by atoms with Gasteiger partial charge in [0.05, 0.1) is 6.61 Å². The Bertz CT molecular complexity index is 199. The van der Waals surface area contributed by atoms with Crippen LogP contribution in [0, 0.1) is 5.92 Å². The Morgan fingerprint density at radius 1 is 1.67 bits per heavy atom. The second kappa shape index (κ2) is 6.63. The van der Waals surface area contributed by atoms with Crippen molar-refractivity contribution in [2.45, 2.75) is 13.3 Å². The zero-order valence-electron chi connectivity index (χ0n) is 9.24. The number of ether oxygens (including phenoxy) is 1. The second-order valence-electron chi connectivity index (χ2n) is 3.79. The van der Waals surface area contributed by atoms with Crippen molar-refractivity contribution in [2.24, 2.45) is 5.92 Å². The minimum atomic E-state index is -0.431. The minimum absolute atomic E-state index is 0.0670. The van der Waals surface area contributed by atoms with Gasteiger partial charge in [-0.25, -0.2) is 4.79 Å². The fraction of sp³-hybridized carbons (Fsp3) is 0.900. The molecule has 1 atom stereocenters. The van der Waals surface area contributed by atoms with Gasteiger partial charge in [0.25, 0.3) is 0 Å². The van der Waals surface area contributed by atoms with E-state index in [0.29, 0.717) is 12.5 Å². The Morgan fingerprint density at radius 3 is 3.07 bits per heavy atom. The third kappa shape index (κ3) is 4.48. The first-order valence-corrected chi connectivity index (χ1v) is 5.50. The number of hydrogen-bond donors (Lipinski definition) is 2. The lowest BCUT2D eigenvalue weighted by Crippen LogP contribution is -2.31. The molecule has 1 aliphatic rings. The first-order valence-electron chi connectivity index (χ1n) is 5.50. The molecule has 0 aromatic rings. The molecule has 0 aliphatic carbocycles. The van der Waals surface area contributed by atoms with Crippen LogP contribution < -0.4 is 5.32 Å². The Balaban J connectivity index is 2.07. The average molecular weight is 216 g/mol. The van der Waals surface area contributed by atoms with Crippen LogP contribution in [0.15, 0.2) is 0 Å². The number of amides is 1. The predicted octanol–water partition coefficient (Wildman–Crippen LogP) is 0.0467. The van der Waals surface area contributed by atoms with Crippen LogP contribution in [-0.4, -0.2) is 55.5 Å². The van der Waals surface area contributed by atoms with Crippen molar-refractivity contribution < 1.29 is 14.6 Å². The smallest absolute Gasteiger partial charge is 0.407 e. The first kappa shape index (κ1) is 12.3. The number of nitrogens with zero attached hydrogens (tertiary/aromatic N) is 1. The average Bonchev–Trinajstić information content (AvgIpc) is 2.71. The lowest BCUT2D eigenvalue weighted by molar-refractivity contribution is 0.118. The zero-order chi connectivity index (χ0) is 11.1. The first-order chi connectivity index (χ1) is 7.26. The monoisotopic (exact) mass is 216 g/mol. The van der Waals surface area contributed by atoms with E-state index in [1.54, 1.807) is 0 Å². The largest absolute Gasteiger partial charge is 0.447 e. The van der Waals surface area contributed by atoms with Crippen LogP contribution in [0.1, 0.15) is 13.3 Å². The maximum Gasteiger partial charge on any atom is 0.407 e. The van der Waals surface area contributed by atoms with E-state index >= 15 is 0 Å². The topological polar surface area (TPSA) is 61.8 Å². The standard InChI is InChI=1S/C10H20N2O3/c1-2-12-4-3-9(8-12)7-11-10(14)15-6-5-13/h9,13H,2-8H2,1H3,(H,11,14). The number of likely N-dealkylation sites (tertiary alicyclic amines) is 1. The number of aliphatic hydroxyl groups is 1. The maximum absolute atomic E-state index is 11.1. The summed E-state index contributed by atoms with van der Waals surface area (Å²) in [5.41, 5.74) is 0. The molecule has 0 bridgehead atoms. The molecule has 1 aliphatic heterocycles. The molecule has 1 unspecified atom stereocenters. The van der Waals surface area contributed by atoms with E-state index in [2.05, 4.69) is 17.1 Å². The van der Waals surface area contributed by atoms with Gasteiger partial charge in [0, 0.05) is 13.1 Å². The highest BCUT2D eigenvalue weighted by Gasteiger charge is 2.21. The molecule has 1 amide bonds. The molecule has 0 aromatic carbocycles. The van der Waals surface area contributed by atoms with Crippen LogP contribution in [0.25, 0.3) is 0 Å². The predicted molar refractivity (Wildman–Crippen MR) is 56.7 cm³/mol. The molecule has 1 fully saturated rings. The van der Waals surface area contributed by atoms with Gasteiger partial charge in [-0.3, -0.25) is 0 Å². The van der Waals surface area contributed by atoms with E-state index in [0.717, 1.165) is 26.1 Å². The van der Waals surface area contributed by atoms with Gasteiger partial charge >= 0.3 is 6.09 Å². The number of alkyl carbamates (subject to hydrolysis) is 1. The van der Waals surface area contributed by atoms with E-state index < -0.39 is 6.09 Å². The SMILES string of the molecule is CCN1CCC(CNC(=O)OCCO)C1. The van der Waals surface area contributed by atoms with Crippen LogP contribution in [0.5, 0.6) is 0 Å². The number of aliphatic hydroxyl groups excluding tert-OH is 1. The number of nitrogens with one attached hydrogen (secondary N) is 1. The van der Waals surface area contributed by atoms with Crippen LogP contribution >= 0.6 is 0 Å². The summed E-state index contributed by atoms with van der Waals surface area (Å²) >= 11 is 0. The van der Waals surface area contributed by atoms with Crippen molar-refractivity contribution >= 4 is 6.09 Å². The van der Waals surface area contributed by atoms with Crippen LogP contribution in [0.2, 0.25) is 0 Å². The Kier molecular flexibility index (Phi) is 5.42. The summed E-state index contributed by atoms with van der Waals surface area (Å²) < 4.78 is 4.69. The molecule has 0 spiro atoms. The summed E-state index contributed by atoms with van der Waals surface area (Å²) in [7, 11) is 0. The number of rotatable bonds is 5. The number of hydrogen-bond acceptors (Lipinski definition) is 4. The van der Waals surface area contributed by atoms with E-state index in [-0.39, 0.29) is 13.2 Å². The summed E-state index contributed by atoms with van der Waals surface area (Å²) in [4.78, 5) is 13.4. The molecule has 0 aromatic heterocycles. The van der Waals surface area contributed by atoms with Gasteiger partial charge in [-0.05, 0) is 25.4 Å². The van der Waals surface area contributed by atoms with Gasteiger partial charge < -0.3 is 20.1 Å². The van der Waals surface area contributed by atoms with E-state index in [4.69, 9.17) is 9.84 Å². The third-order valence-electron chi connectivity index (χ3n) is 2.68. The molecule has 5 heteroatoms. The lowest BCUT2D eigenvalue weighted by Gasteiger charge is -2.13. The van der Waals surface area contributed by atoms with Crippen molar-refractivity contribution in [3.05, 3.63) is 0 Å². The summed E-state index contributed by atoms with van der Waals surface area (Å²) in [6.45, 7) is 6.00. The van der Waals surface area contributed by atoms with Gasteiger partial charge in [-0.15, -0.1) is 0 Å². The van der Waals surface area contributed by atoms with Crippen molar-refractivity contribution in [2.75, 3.05) is 39.4 Å². The fourth-order valence-corrected chi connectivity index (χ4v) is 1.78. The van der Waals surface area contributed by atoms with Crippen molar-refractivity contribution in [1.82, 2.24) is 10.2 Å². The molecule has 0 radical (unpaired) electrons. The summed E-state index contributed by atoms with van der Waals surface area (Å²) in [5.74, 6) is 0.534. The molecule has 0 saturated carbocycles. The van der Waals surface area contributed by atoms with Crippen molar-refractivity contribution in [3.63, 3.8) is 0 Å². The molecule has 1 rings (SSSR count). The molecule has 1 saturated heterocycles. The highest BCUT2D eigenvalue weighted by molar-refractivity contribution is 5.67. The zero-order valence-corrected chi connectivity index (χ0v) is 9.24. The van der Waals surface area contributed by atoms with Crippen molar-refractivity contribution in [1.29, 1.82) is 0 Å². The van der Waals surface area contributed by atoms with Crippen LogP contribution in [-0.2, 0) is 4.74 Å². The van der Waals surface area contributed by atoms with Crippen molar-refractivity contribution in [3.8, 4) is 0 Å². The highest BCUT2D eigenvalue weighted by atomic mass is 16.6. The lowest BCUT2D eigenvalue weighted by atomic mass is 10.1. The Hall–Kier alpha value is -0.810. The number of carbonyl (C=O) groups excluding carboxylic acids is 1. The van der Waals surface area contributed by atoms with E-state index in [1.165, 1.54) is 0 Å². The Labute approximate surface area is 90.4 Å². The fourth-order valence-electron chi connectivity index (χ4n) is 1.78. The molecule has 88 valence electrons. The van der Waals surface area contributed by atoms with Gasteiger partial charge in [0.15, 0.2) is 0 Å². The maximum atomic E-state index is 11.1. The van der Waals surface area contributed by atoms with Gasteiger partial charge in [-0.2, -0.15) is 0 Å². The van der Waals surface area contributed by atoms with E-state index in [1.807, 2.05) is 0 Å². The van der Waals surface area contributed by atoms with Gasteiger partial charge in [0.1, 0.15) is 6.61 Å². The quantitative estimate of drug-likeness (QED) is 0.681. The Morgan fingerprint density at radius 2 is 2.47 bits per heavy atom. The molecule has 2 N–H and O–H groups in total. The summed E-state index contributed by atoms with van der Waals surface area (Å²) in [5, 5.41) is 11.2. The second-order valence-corrected chi connectivity index (χ2v) is 3.79. The normalized spacial score (nSPS) is 21.6. The number of carbonyl (C=O) groups is 1. The minimum Gasteiger partial charge on any atom is -0.447 e. The van der Waals surface area contributed by atoms with Gasteiger partial charge in [-0.1, -0.05) is 6.92 Å². The van der Waals surface area contributed by atoms with Gasteiger partial charge in [0.2, 0.25) is 0 Å². The molecule has 1 heterocycles. The summed E-state index contributed by atoms with van der Waals surface area (Å²) in [6, 6.07) is 0.